The Morgan fingerprint density at radius 3 is 2.33 bits per heavy atom. The van der Waals surface area contributed by atoms with E-state index in [2.05, 4.69) is 30.4 Å². The second-order valence-electron chi connectivity index (χ2n) is 10.3. The zero-order valence-electron chi connectivity index (χ0n) is 22.3. The quantitative estimate of drug-likeness (QED) is 0.377. The van der Waals surface area contributed by atoms with Crippen LogP contribution in [-0.2, 0) is 4.79 Å². The number of amides is 2. The summed E-state index contributed by atoms with van der Waals surface area (Å²) in [5.74, 6) is 0.876. The number of aromatic nitrogens is 2. The van der Waals surface area contributed by atoms with Crippen LogP contribution in [0.5, 0.6) is 0 Å². The van der Waals surface area contributed by atoms with E-state index in [-0.39, 0.29) is 5.91 Å². The van der Waals surface area contributed by atoms with Crippen LogP contribution in [0.3, 0.4) is 0 Å². The number of carbonyl (C=O) groups is 3. The number of benzene rings is 2. The van der Waals surface area contributed by atoms with Gasteiger partial charge >= 0.3 is 6.09 Å². The van der Waals surface area contributed by atoms with Gasteiger partial charge in [-0.3, -0.25) is 9.59 Å². The van der Waals surface area contributed by atoms with E-state index in [1.54, 1.807) is 12.4 Å². The maximum absolute atomic E-state index is 12.9. The molecule has 0 aliphatic carbocycles. The minimum atomic E-state index is -0.997. The molecular weight excluding hydrogens is 528 g/mol. The van der Waals surface area contributed by atoms with Crippen LogP contribution < -0.4 is 20.4 Å². The van der Waals surface area contributed by atoms with Gasteiger partial charge in [-0.05, 0) is 62.2 Å². The topological polar surface area (TPSA) is 128 Å². The number of nitrogens with zero attached hydrogens (tertiary/aromatic N) is 4. The maximum atomic E-state index is 12.9. The number of nitrogens with one attached hydrogen (secondary N) is 2. The van der Waals surface area contributed by atoms with Crippen molar-refractivity contribution in [3.05, 3.63) is 66.5 Å². The van der Waals surface area contributed by atoms with Crippen LogP contribution in [0.2, 0.25) is 0 Å². The molecule has 11 heteroatoms. The van der Waals surface area contributed by atoms with E-state index in [0.29, 0.717) is 68.9 Å². The summed E-state index contributed by atoms with van der Waals surface area (Å²) in [6.07, 6.45) is 5.00. The summed E-state index contributed by atoms with van der Waals surface area (Å²) in [5.41, 5.74) is 1.84. The average Bonchev–Trinajstić information content (AvgIpc) is 2.94. The molecule has 2 fully saturated rings. The molecule has 0 radical (unpaired) electrons. The van der Waals surface area contributed by atoms with Gasteiger partial charge in [0.2, 0.25) is 0 Å². The molecule has 5 rings (SSSR count). The monoisotopic (exact) mass is 560 g/mol. The molecule has 2 aliphatic heterocycles. The standard InChI is InChI=1S/C29H32N6O4S/c1-29(33-28(38)39)11-15-35(16-12-29)25-18-31-26(19-30-25)40-24-4-2-3-21(17-24)32-27(37)20-5-7-22(8-6-20)34-13-9-23(36)10-14-34/h2-8,17-19,33H,9-16H2,1H3,(H,32,37)(H,38,39). The molecular formula is C29H32N6O4S. The maximum Gasteiger partial charge on any atom is 0.405 e. The fourth-order valence-corrected chi connectivity index (χ4v) is 5.72. The zero-order chi connectivity index (χ0) is 28.1. The van der Waals surface area contributed by atoms with Gasteiger partial charge in [0.1, 0.15) is 16.6 Å². The van der Waals surface area contributed by atoms with E-state index in [0.717, 1.165) is 21.4 Å². The molecule has 3 N–H and O–H groups in total. The van der Waals surface area contributed by atoms with Gasteiger partial charge in [-0.2, -0.15) is 0 Å². The van der Waals surface area contributed by atoms with Gasteiger partial charge in [-0.15, -0.1) is 0 Å². The van der Waals surface area contributed by atoms with Gasteiger partial charge in [-0.1, -0.05) is 17.8 Å². The Morgan fingerprint density at radius 1 is 0.950 bits per heavy atom. The van der Waals surface area contributed by atoms with Crippen LogP contribution in [0.25, 0.3) is 0 Å². The lowest BCUT2D eigenvalue weighted by molar-refractivity contribution is -0.119. The van der Waals surface area contributed by atoms with Gasteiger partial charge in [0, 0.05) is 66.4 Å². The van der Waals surface area contributed by atoms with Crippen molar-refractivity contribution >= 4 is 46.7 Å². The van der Waals surface area contributed by atoms with Crippen molar-refractivity contribution in [3.63, 3.8) is 0 Å². The number of hydrogen-bond acceptors (Lipinski definition) is 8. The molecule has 2 aromatic carbocycles. The number of ketones is 1. The summed E-state index contributed by atoms with van der Waals surface area (Å²) in [6, 6.07) is 15.1. The van der Waals surface area contributed by atoms with Crippen molar-refractivity contribution in [2.45, 2.75) is 48.1 Å². The predicted octanol–water partition coefficient (Wildman–Crippen LogP) is 4.68. The molecule has 40 heavy (non-hydrogen) atoms. The van der Waals surface area contributed by atoms with Gasteiger partial charge in [0.15, 0.2) is 0 Å². The minimum Gasteiger partial charge on any atom is -0.465 e. The molecule has 0 unspecified atom stereocenters. The van der Waals surface area contributed by atoms with E-state index < -0.39 is 11.6 Å². The highest BCUT2D eigenvalue weighted by atomic mass is 32.2. The molecule has 10 nitrogen and oxygen atoms in total. The fraction of sp³-hybridized carbons (Fsp3) is 0.345. The molecule has 0 bridgehead atoms. The van der Waals surface area contributed by atoms with Crippen LogP contribution in [-0.4, -0.2) is 64.6 Å². The Bertz CT molecular complexity index is 1360. The molecule has 0 atom stereocenters. The molecule has 3 heterocycles. The number of carboxylic acid groups (broad SMARTS) is 1. The summed E-state index contributed by atoms with van der Waals surface area (Å²) in [7, 11) is 0. The average molecular weight is 561 g/mol. The summed E-state index contributed by atoms with van der Waals surface area (Å²) in [6.45, 7) is 4.75. The van der Waals surface area contributed by atoms with Gasteiger partial charge in [0.25, 0.3) is 5.91 Å². The van der Waals surface area contributed by atoms with Crippen molar-refractivity contribution in [2.75, 3.05) is 41.3 Å². The Hall–Kier alpha value is -4.12. The van der Waals surface area contributed by atoms with Crippen LogP contribution >= 0.6 is 11.8 Å². The van der Waals surface area contributed by atoms with Crippen LogP contribution in [0, 0.1) is 0 Å². The van der Waals surface area contributed by atoms with E-state index in [4.69, 9.17) is 5.11 Å². The number of rotatable bonds is 7. The molecule has 0 saturated carbocycles. The first-order chi connectivity index (χ1) is 19.3. The van der Waals surface area contributed by atoms with Crippen LogP contribution in [0.4, 0.5) is 22.0 Å². The Labute approximate surface area is 237 Å². The lowest BCUT2D eigenvalue weighted by Gasteiger charge is -2.39. The van der Waals surface area contributed by atoms with E-state index in [1.165, 1.54) is 11.8 Å². The van der Waals surface area contributed by atoms with Crippen molar-refractivity contribution in [2.24, 2.45) is 0 Å². The van der Waals surface area contributed by atoms with Gasteiger partial charge in [-0.25, -0.2) is 14.8 Å². The Kier molecular flexibility index (Phi) is 8.20. The zero-order valence-corrected chi connectivity index (χ0v) is 23.1. The summed E-state index contributed by atoms with van der Waals surface area (Å²) in [4.78, 5) is 49.7. The highest BCUT2D eigenvalue weighted by molar-refractivity contribution is 7.99. The lowest BCUT2D eigenvalue weighted by atomic mass is 9.90. The minimum absolute atomic E-state index is 0.192. The predicted molar refractivity (Wildman–Crippen MR) is 154 cm³/mol. The smallest absolute Gasteiger partial charge is 0.405 e. The summed E-state index contributed by atoms with van der Waals surface area (Å²) < 4.78 is 0. The Morgan fingerprint density at radius 2 is 1.68 bits per heavy atom. The van der Waals surface area contributed by atoms with E-state index in [1.807, 2.05) is 55.5 Å². The Balaban J connectivity index is 1.15. The van der Waals surface area contributed by atoms with Crippen molar-refractivity contribution in [3.8, 4) is 0 Å². The molecule has 2 saturated heterocycles. The van der Waals surface area contributed by atoms with Crippen LogP contribution in [0.15, 0.2) is 70.8 Å². The first kappa shape index (κ1) is 27.4. The number of hydrogen-bond donors (Lipinski definition) is 3. The molecule has 2 amide bonds. The number of Topliss-reactive ketones (excluding diaryl/α,β-unsaturated/α-hetero) is 1. The highest BCUT2D eigenvalue weighted by Gasteiger charge is 2.32. The molecule has 0 spiro atoms. The van der Waals surface area contributed by atoms with E-state index >= 15 is 0 Å². The lowest BCUT2D eigenvalue weighted by Crippen LogP contribution is -2.53. The molecule has 3 aromatic rings. The van der Waals surface area contributed by atoms with Crippen molar-refractivity contribution in [1.29, 1.82) is 0 Å². The largest absolute Gasteiger partial charge is 0.465 e. The second-order valence-corrected chi connectivity index (χ2v) is 11.4. The molecule has 208 valence electrons. The van der Waals surface area contributed by atoms with Gasteiger partial charge in [0.05, 0.1) is 12.4 Å². The van der Waals surface area contributed by atoms with Crippen molar-refractivity contribution < 1.29 is 19.5 Å². The molecule has 2 aliphatic rings. The summed E-state index contributed by atoms with van der Waals surface area (Å²) in [5, 5.41) is 15.4. The number of anilines is 3. The second kappa shape index (κ2) is 12.0. The van der Waals surface area contributed by atoms with Crippen molar-refractivity contribution in [1.82, 2.24) is 15.3 Å². The highest BCUT2D eigenvalue weighted by Crippen LogP contribution is 2.30. The van der Waals surface area contributed by atoms with Gasteiger partial charge < -0.3 is 25.5 Å². The molecule has 1 aromatic heterocycles. The third-order valence-electron chi connectivity index (χ3n) is 7.34. The first-order valence-electron chi connectivity index (χ1n) is 13.3. The number of carbonyl (C=O) groups excluding carboxylic acids is 2. The normalized spacial score (nSPS) is 16.9. The number of piperidine rings is 2. The fourth-order valence-electron chi connectivity index (χ4n) is 4.94. The third kappa shape index (κ3) is 6.90. The SMILES string of the molecule is CC1(NC(=O)O)CCN(c2cnc(Sc3cccc(NC(=O)c4ccc(N5CCC(=O)CC5)cc4)c3)cn2)CC1. The first-order valence-corrected chi connectivity index (χ1v) is 14.1. The third-order valence-corrected chi connectivity index (χ3v) is 8.25. The van der Waals surface area contributed by atoms with E-state index in [9.17, 15) is 14.4 Å². The van der Waals surface area contributed by atoms with Crippen LogP contribution in [0.1, 0.15) is 43.0 Å². The summed E-state index contributed by atoms with van der Waals surface area (Å²) >= 11 is 1.46.